The molecule has 19 heavy (non-hydrogen) atoms. The van der Waals surface area contributed by atoms with Gasteiger partial charge in [0.25, 0.3) is 0 Å². The number of nitrogens with zero attached hydrogens (tertiary/aromatic N) is 3. The third-order valence-electron chi connectivity index (χ3n) is 2.58. The molecule has 106 valence electrons. The Balaban J connectivity index is 2.00. The van der Waals surface area contributed by atoms with E-state index in [0.29, 0.717) is 23.2 Å². The van der Waals surface area contributed by atoms with Crippen molar-refractivity contribution in [3.63, 3.8) is 0 Å². The highest BCUT2D eigenvalue weighted by atomic mass is 32.2. The van der Waals surface area contributed by atoms with Crippen molar-refractivity contribution in [1.82, 2.24) is 15.0 Å². The highest BCUT2D eigenvalue weighted by molar-refractivity contribution is 7.99. The van der Waals surface area contributed by atoms with Crippen molar-refractivity contribution in [2.24, 2.45) is 0 Å². The molecule has 0 aromatic carbocycles. The third-order valence-corrected chi connectivity index (χ3v) is 3.56. The zero-order valence-electron chi connectivity index (χ0n) is 11.5. The first kappa shape index (κ1) is 14.3. The molecule has 2 heterocycles. The summed E-state index contributed by atoms with van der Waals surface area (Å²) in [6, 6.07) is 0.365. The Morgan fingerprint density at radius 2 is 2.26 bits per heavy atom. The summed E-state index contributed by atoms with van der Waals surface area (Å²) in [5, 5.41) is 3.59. The van der Waals surface area contributed by atoms with Gasteiger partial charge in [0.1, 0.15) is 0 Å². The zero-order chi connectivity index (χ0) is 13.7. The first-order valence-corrected chi connectivity index (χ1v) is 7.51. The molecule has 0 radical (unpaired) electrons. The zero-order valence-corrected chi connectivity index (χ0v) is 12.4. The van der Waals surface area contributed by atoms with Crippen LogP contribution in [0.5, 0.6) is 6.01 Å². The predicted octanol–water partition coefficient (Wildman–Crippen LogP) is 1.97. The van der Waals surface area contributed by atoms with Gasteiger partial charge in [-0.25, -0.2) is 0 Å². The largest absolute Gasteiger partial charge is 0.461 e. The smallest absolute Gasteiger partial charge is 0.322 e. The normalized spacial score (nSPS) is 18.8. The molecule has 0 aliphatic carbocycles. The van der Waals surface area contributed by atoms with Crippen molar-refractivity contribution < 1.29 is 9.47 Å². The number of hydrogen-bond donors (Lipinski definition) is 1. The molecular formula is C12H20N4O2S. The van der Waals surface area contributed by atoms with Gasteiger partial charge in [-0.3, -0.25) is 0 Å². The lowest BCUT2D eigenvalue weighted by Gasteiger charge is -2.11. The third kappa shape index (κ3) is 4.50. The van der Waals surface area contributed by atoms with Crippen LogP contribution in [0.15, 0.2) is 5.16 Å². The summed E-state index contributed by atoms with van der Waals surface area (Å²) in [6.45, 7) is 4.76. The number of aromatic nitrogens is 3. The molecule has 7 heteroatoms. The Bertz CT molecular complexity index is 411. The van der Waals surface area contributed by atoms with E-state index in [2.05, 4.69) is 20.3 Å². The van der Waals surface area contributed by atoms with Gasteiger partial charge in [-0.1, -0.05) is 11.8 Å². The average molecular weight is 284 g/mol. The van der Waals surface area contributed by atoms with Crippen LogP contribution in [0.2, 0.25) is 0 Å². The SMILES string of the molecule is CNc1nc(OC(C)C)nc(SCC2CCCO2)n1. The van der Waals surface area contributed by atoms with Gasteiger partial charge in [-0.2, -0.15) is 15.0 Å². The van der Waals surface area contributed by atoms with Crippen LogP contribution in [-0.2, 0) is 4.74 Å². The van der Waals surface area contributed by atoms with Gasteiger partial charge < -0.3 is 14.8 Å². The Morgan fingerprint density at radius 3 is 2.89 bits per heavy atom. The second-order valence-corrected chi connectivity index (χ2v) is 5.57. The Kier molecular flexibility index (Phi) is 5.21. The number of thioether (sulfide) groups is 1. The van der Waals surface area contributed by atoms with Crippen LogP contribution in [0.3, 0.4) is 0 Å². The fourth-order valence-corrected chi connectivity index (χ4v) is 2.61. The molecule has 1 aliphatic heterocycles. The van der Waals surface area contributed by atoms with Gasteiger partial charge >= 0.3 is 6.01 Å². The minimum Gasteiger partial charge on any atom is -0.461 e. The summed E-state index contributed by atoms with van der Waals surface area (Å²) in [4.78, 5) is 12.8. The molecule has 1 aromatic rings. The maximum absolute atomic E-state index is 5.59. The lowest BCUT2D eigenvalue weighted by molar-refractivity contribution is 0.129. The molecule has 1 unspecified atom stereocenters. The fourth-order valence-electron chi connectivity index (χ4n) is 1.72. The molecule has 0 saturated carbocycles. The highest BCUT2D eigenvalue weighted by Gasteiger charge is 2.17. The van der Waals surface area contributed by atoms with E-state index in [9.17, 15) is 0 Å². The lowest BCUT2D eigenvalue weighted by Crippen LogP contribution is -2.12. The van der Waals surface area contributed by atoms with Crippen LogP contribution < -0.4 is 10.1 Å². The van der Waals surface area contributed by atoms with E-state index in [1.54, 1.807) is 18.8 Å². The molecule has 2 rings (SSSR count). The second-order valence-electron chi connectivity index (χ2n) is 4.59. The quantitative estimate of drug-likeness (QED) is 0.801. The molecule has 0 bridgehead atoms. The van der Waals surface area contributed by atoms with Gasteiger partial charge in [-0.15, -0.1) is 0 Å². The molecule has 1 N–H and O–H groups in total. The number of anilines is 1. The topological polar surface area (TPSA) is 69.2 Å². The maximum Gasteiger partial charge on any atom is 0.322 e. The van der Waals surface area contributed by atoms with Crippen molar-refractivity contribution in [3.8, 4) is 6.01 Å². The van der Waals surface area contributed by atoms with Gasteiger partial charge in [-0.05, 0) is 26.7 Å². The van der Waals surface area contributed by atoms with Gasteiger partial charge in [0.05, 0.1) is 12.2 Å². The Labute approximate surface area is 117 Å². The van der Waals surface area contributed by atoms with E-state index >= 15 is 0 Å². The Hall–Kier alpha value is -1.08. The number of ether oxygens (including phenoxy) is 2. The minimum atomic E-state index is 0.0446. The molecule has 0 amide bonds. The van der Waals surface area contributed by atoms with Crippen molar-refractivity contribution >= 4 is 17.7 Å². The number of rotatable bonds is 6. The van der Waals surface area contributed by atoms with E-state index in [1.807, 2.05) is 13.8 Å². The van der Waals surface area contributed by atoms with E-state index in [1.165, 1.54) is 0 Å². The van der Waals surface area contributed by atoms with Crippen molar-refractivity contribution in [3.05, 3.63) is 0 Å². The Morgan fingerprint density at radius 1 is 1.42 bits per heavy atom. The molecule has 1 saturated heterocycles. The van der Waals surface area contributed by atoms with Crippen LogP contribution >= 0.6 is 11.8 Å². The number of hydrogen-bond acceptors (Lipinski definition) is 7. The second kappa shape index (κ2) is 6.91. The molecular weight excluding hydrogens is 264 g/mol. The summed E-state index contributed by atoms with van der Waals surface area (Å²) in [6.07, 6.45) is 2.62. The minimum absolute atomic E-state index is 0.0446. The monoisotopic (exact) mass is 284 g/mol. The van der Waals surface area contributed by atoms with Gasteiger partial charge in [0.15, 0.2) is 5.16 Å². The summed E-state index contributed by atoms with van der Waals surface area (Å²) in [5.74, 6) is 1.40. The van der Waals surface area contributed by atoms with Crippen LogP contribution in [0.25, 0.3) is 0 Å². The molecule has 6 nitrogen and oxygen atoms in total. The standard InChI is InChI=1S/C12H20N4O2S/c1-8(2)18-11-14-10(13-3)15-12(16-11)19-7-9-5-4-6-17-9/h8-9H,4-7H2,1-3H3,(H,13,14,15,16). The highest BCUT2D eigenvalue weighted by Crippen LogP contribution is 2.23. The summed E-state index contributed by atoms with van der Waals surface area (Å²) in [5.41, 5.74) is 0. The van der Waals surface area contributed by atoms with Crippen LogP contribution in [0.4, 0.5) is 5.95 Å². The summed E-state index contributed by atoms with van der Waals surface area (Å²) in [7, 11) is 1.78. The molecule has 0 spiro atoms. The maximum atomic E-state index is 5.59. The van der Waals surface area contributed by atoms with Crippen molar-refractivity contribution in [2.75, 3.05) is 24.7 Å². The van der Waals surface area contributed by atoms with Crippen LogP contribution in [-0.4, -0.2) is 46.6 Å². The first-order chi connectivity index (χ1) is 9.17. The lowest BCUT2D eigenvalue weighted by atomic mass is 10.3. The average Bonchev–Trinajstić information content (AvgIpc) is 2.88. The van der Waals surface area contributed by atoms with Gasteiger partial charge in [0, 0.05) is 19.4 Å². The predicted molar refractivity (Wildman–Crippen MR) is 74.8 cm³/mol. The van der Waals surface area contributed by atoms with Crippen LogP contribution in [0, 0.1) is 0 Å². The van der Waals surface area contributed by atoms with Crippen molar-refractivity contribution in [2.45, 2.75) is 44.1 Å². The van der Waals surface area contributed by atoms with Crippen molar-refractivity contribution in [1.29, 1.82) is 0 Å². The van der Waals surface area contributed by atoms with E-state index in [-0.39, 0.29) is 6.10 Å². The fraction of sp³-hybridized carbons (Fsp3) is 0.750. The molecule has 1 fully saturated rings. The molecule has 1 aromatic heterocycles. The van der Waals surface area contributed by atoms with E-state index in [4.69, 9.17) is 9.47 Å². The first-order valence-electron chi connectivity index (χ1n) is 6.52. The van der Waals surface area contributed by atoms with Crippen LogP contribution in [0.1, 0.15) is 26.7 Å². The summed E-state index contributed by atoms with van der Waals surface area (Å²) < 4.78 is 11.1. The van der Waals surface area contributed by atoms with Gasteiger partial charge in [0.2, 0.25) is 5.95 Å². The van der Waals surface area contributed by atoms with E-state index < -0.39 is 0 Å². The molecule has 1 atom stereocenters. The molecule has 1 aliphatic rings. The summed E-state index contributed by atoms with van der Waals surface area (Å²) >= 11 is 1.58. The number of nitrogens with one attached hydrogen (secondary N) is 1. The van der Waals surface area contributed by atoms with E-state index in [0.717, 1.165) is 25.2 Å².